The van der Waals surface area contributed by atoms with Crippen molar-refractivity contribution in [1.82, 2.24) is 4.98 Å². The van der Waals surface area contributed by atoms with Gasteiger partial charge in [0.05, 0.1) is 21.6 Å². The minimum atomic E-state index is -0.000518. The molecule has 21 heavy (non-hydrogen) atoms. The Kier molecular flexibility index (Phi) is 3.71. The maximum absolute atomic E-state index is 12.1. The largest absolute Gasteiger partial charge is 0.326 e. The van der Waals surface area contributed by atoms with Gasteiger partial charge in [-0.05, 0) is 37.6 Å². The highest BCUT2D eigenvalue weighted by atomic mass is 32.1. The van der Waals surface area contributed by atoms with Crippen LogP contribution in [0.15, 0.2) is 42.5 Å². The molecule has 0 aliphatic heterocycles. The zero-order valence-electron chi connectivity index (χ0n) is 12.0. The number of aryl methyl sites for hydroxylation is 2. The van der Waals surface area contributed by atoms with Crippen molar-refractivity contribution >= 4 is 33.1 Å². The van der Waals surface area contributed by atoms with E-state index in [1.165, 1.54) is 5.56 Å². The van der Waals surface area contributed by atoms with Crippen molar-refractivity contribution in [3.05, 3.63) is 58.6 Å². The SMILES string of the molecule is Cc1ccc(CC(=O)Nc2ccc3nc(C)sc3c2)cc1. The van der Waals surface area contributed by atoms with E-state index in [0.717, 1.165) is 26.5 Å². The molecule has 0 spiro atoms. The molecular formula is C17H16N2OS. The number of hydrogen-bond donors (Lipinski definition) is 1. The molecule has 1 aromatic heterocycles. The zero-order valence-corrected chi connectivity index (χ0v) is 12.8. The number of rotatable bonds is 3. The van der Waals surface area contributed by atoms with E-state index in [-0.39, 0.29) is 5.91 Å². The molecule has 3 nitrogen and oxygen atoms in total. The molecule has 3 aromatic rings. The number of anilines is 1. The molecule has 0 atom stereocenters. The Labute approximate surface area is 127 Å². The summed E-state index contributed by atoms with van der Waals surface area (Å²) < 4.78 is 1.10. The van der Waals surface area contributed by atoms with Gasteiger partial charge in [-0.15, -0.1) is 11.3 Å². The van der Waals surface area contributed by atoms with Crippen LogP contribution < -0.4 is 5.32 Å². The van der Waals surface area contributed by atoms with Crippen molar-refractivity contribution in [2.45, 2.75) is 20.3 Å². The van der Waals surface area contributed by atoms with E-state index in [0.29, 0.717) is 6.42 Å². The minimum Gasteiger partial charge on any atom is -0.326 e. The van der Waals surface area contributed by atoms with Crippen molar-refractivity contribution in [2.24, 2.45) is 0 Å². The summed E-state index contributed by atoms with van der Waals surface area (Å²) in [4.78, 5) is 16.5. The van der Waals surface area contributed by atoms with Crippen LogP contribution in [0.1, 0.15) is 16.1 Å². The van der Waals surface area contributed by atoms with E-state index >= 15 is 0 Å². The van der Waals surface area contributed by atoms with Crippen LogP contribution in [0.5, 0.6) is 0 Å². The second-order valence-electron chi connectivity index (χ2n) is 5.13. The number of thiazole rings is 1. The molecule has 0 fully saturated rings. The zero-order chi connectivity index (χ0) is 14.8. The van der Waals surface area contributed by atoms with Crippen LogP contribution in [0.3, 0.4) is 0 Å². The fourth-order valence-corrected chi connectivity index (χ4v) is 3.08. The monoisotopic (exact) mass is 296 g/mol. The maximum Gasteiger partial charge on any atom is 0.228 e. The Hall–Kier alpha value is -2.20. The third-order valence-corrected chi connectivity index (χ3v) is 4.20. The van der Waals surface area contributed by atoms with Crippen LogP contribution in [0, 0.1) is 13.8 Å². The average molecular weight is 296 g/mol. The molecule has 0 unspecified atom stereocenters. The Balaban J connectivity index is 1.71. The Morgan fingerprint density at radius 3 is 2.67 bits per heavy atom. The molecular weight excluding hydrogens is 280 g/mol. The molecule has 0 saturated heterocycles. The third kappa shape index (κ3) is 3.28. The van der Waals surface area contributed by atoms with Crippen molar-refractivity contribution in [1.29, 1.82) is 0 Å². The van der Waals surface area contributed by atoms with Crippen molar-refractivity contribution < 1.29 is 4.79 Å². The number of carbonyl (C=O) groups excluding carboxylic acids is 1. The van der Waals surface area contributed by atoms with Crippen LogP contribution in [0.25, 0.3) is 10.2 Å². The maximum atomic E-state index is 12.1. The van der Waals surface area contributed by atoms with Crippen molar-refractivity contribution in [3.63, 3.8) is 0 Å². The topological polar surface area (TPSA) is 42.0 Å². The lowest BCUT2D eigenvalue weighted by Gasteiger charge is -2.05. The van der Waals surface area contributed by atoms with Crippen LogP contribution in [0.2, 0.25) is 0 Å². The van der Waals surface area contributed by atoms with E-state index in [1.807, 2.05) is 56.3 Å². The second kappa shape index (κ2) is 5.66. The molecule has 106 valence electrons. The normalized spacial score (nSPS) is 10.8. The van der Waals surface area contributed by atoms with Crippen molar-refractivity contribution in [3.8, 4) is 0 Å². The molecule has 4 heteroatoms. The predicted octanol–water partition coefficient (Wildman–Crippen LogP) is 4.09. The van der Waals surface area contributed by atoms with Gasteiger partial charge in [0.25, 0.3) is 0 Å². The van der Waals surface area contributed by atoms with Crippen molar-refractivity contribution in [2.75, 3.05) is 5.32 Å². The minimum absolute atomic E-state index is 0.000518. The highest BCUT2D eigenvalue weighted by Gasteiger charge is 2.06. The van der Waals surface area contributed by atoms with Gasteiger partial charge in [-0.3, -0.25) is 4.79 Å². The Morgan fingerprint density at radius 2 is 1.90 bits per heavy atom. The lowest BCUT2D eigenvalue weighted by atomic mass is 10.1. The summed E-state index contributed by atoms with van der Waals surface area (Å²) in [6.45, 7) is 4.02. The van der Waals surface area contributed by atoms with Crippen LogP contribution in [-0.4, -0.2) is 10.9 Å². The lowest BCUT2D eigenvalue weighted by molar-refractivity contribution is -0.115. The molecule has 1 heterocycles. The first-order valence-corrected chi connectivity index (χ1v) is 7.64. The number of amides is 1. The number of nitrogens with one attached hydrogen (secondary N) is 1. The number of hydrogen-bond acceptors (Lipinski definition) is 3. The first-order chi connectivity index (χ1) is 10.1. The van der Waals surface area contributed by atoms with Gasteiger partial charge in [0.2, 0.25) is 5.91 Å². The molecule has 0 bridgehead atoms. The molecule has 0 aliphatic carbocycles. The number of benzene rings is 2. The van der Waals surface area contributed by atoms with Crippen LogP contribution in [0.4, 0.5) is 5.69 Å². The second-order valence-corrected chi connectivity index (χ2v) is 6.36. The van der Waals surface area contributed by atoms with E-state index in [1.54, 1.807) is 11.3 Å². The van der Waals surface area contributed by atoms with Gasteiger partial charge < -0.3 is 5.32 Å². The van der Waals surface area contributed by atoms with Gasteiger partial charge in [0.1, 0.15) is 0 Å². The van der Waals surface area contributed by atoms with E-state index in [2.05, 4.69) is 10.3 Å². The molecule has 0 radical (unpaired) electrons. The summed E-state index contributed by atoms with van der Waals surface area (Å²) >= 11 is 1.64. The summed E-state index contributed by atoms with van der Waals surface area (Å²) in [5, 5.41) is 3.98. The highest BCUT2D eigenvalue weighted by Crippen LogP contribution is 2.24. The van der Waals surface area contributed by atoms with Crippen LogP contribution in [-0.2, 0) is 11.2 Å². The molecule has 1 N–H and O–H groups in total. The standard InChI is InChI=1S/C17H16N2OS/c1-11-3-5-13(6-4-11)9-17(20)19-14-7-8-15-16(10-14)21-12(2)18-15/h3-8,10H,9H2,1-2H3,(H,19,20). The van der Waals surface area contributed by atoms with E-state index in [4.69, 9.17) is 0 Å². The fraction of sp³-hybridized carbons (Fsp3) is 0.176. The lowest BCUT2D eigenvalue weighted by Crippen LogP contribution is -2.14. The highest BCUT2D eigenvalue weighted by molar-refractivity contribution is 7.18. The van der Waals surface area contributed by atoms with Gasteiger partial charge in [-0.25, -0.2) is 4.98 Å². The number of nitrogens with zero attached hydrogens (tertiary/aromatic N) is 1. The summed E-state index contributed by atoms with van der Waals surface area (Å²) in [7, 11) is 0. The average Bonchev–Trinajstić information content (AvgIpc) is 2.80. The molecule has 0 aliphatic rings. The third-order valence-electron chi connectivity index (χ3n) is 3.26. The smallest absolute Gasteiger partial charge is 0.228 e. The number of carbonyl (C=O) groups is 1. The summed E-state index contributed by atoms with van der Waals surface area (Å²) in [5.41, 5.74) is 4.02. The van der Waals surface area contributed by atoms with Gasteiger partial charge in [-0.1, -0.05) is 29.8 Å². The predicted molar refractivity (Wildman–Crippen MR) is 87.9 cm³/mol. The Bertz CT molecular complexity index is 790. The first kappa shape index (κ1) is 13.8. The summed E-state index contributed by atoms with van der Waals surface area (Å²) in [5.74, 6) is -0.000518. The summed E-state index contributed by atoms with van der Waals surface area (Å²) in [6.07, 6.45) is 0.389. The van der Waals surface area contributed by atoms with Gasteiger partial charge in [0.15, 0.2) is 0 Å². The van der Waals surface area contributed by atoms with Gasteiger partial charge >= 0.3 is 0 Å². The molecule has 2 aromatic carbocycles. The molecule has 3 rings (SSSR count). The van der Waals surface area contributed by atoms with Gasteiger partial charge in [0, 0.05) is 5.69 Å². The van der Waals surface area contributed by atoms with E-state index < -0.39 is 0 Å². The first-order valence-electron chi connectivity index (χ1n) is 6.83. The van der Waals surface area contributed by atoms with Gasteiger partial charge in [-0.2, -0.15) is 0 Å². The fourth-order valence-electron chi connectivity index (χ4n) is 2.21. The molecule has 0 saturated carbocycles. The Morgan fingerprint density at radius 1 is 1.14 bits per heavy atom. The summed E-state index contributed by atoms with van der Waals surface area (Å²) in [6, 6.07) is 13.8. The van der Waals surface area contributed by atoms with E-state index in [9.17, 15) is 4.79 Å². The number of fused-ring (bicyclic) bond motifs is 1. The van der Waals surface area contributed by atoms with Crippen LogP contribution >= 0.6 is 11.3 Å². The number of aromatic nitrogens is 1. The molecule has 1 amide bonds. The quantitative estimate of drug-likeness (QED) is 0.791.